The van der Waals surface area contributed by atoms with Gasteiger partial charge < -0.3 is 5.73 Å². The van der Waals surface area contributed by atoms with E-state index >= 15 is 0 Å². The third-order valence-electron chi connectivity index (χ3n) is 1.62. The highest BCUT2D eigenvalue weighted by atomic mass is 35.5. The first kappa shape index (κ1) is 10.1. The van der Waals surface area contributed by atoms with Crippen molar-refractivity contribution in [3.05, 3.63) is 35.5 Å². The number of anilines is 1. The van der Waals surface area contributed by atoms with Crippen LogP contribution in [0.4, 0.5) is 15.8 Å². The van der Waals surface area contributed by atoms with Crippen molar-refractivity contribution in [3.63, 3.8) is 0 Å². The predicted octanol–water partition coefficient (Wildman–Crippen LogP) is 3.79. The van der Waals surface area contributed by atoms with Crippen LogP contribution in [0, 0.1) is 0 Å². The number of hydrogen-bond donors (Lipinski definition) is 1. The summed E-state index contributed by atoms with van der Waals surface area (Å²) in [6.45, 7) is 0. The molecule has 2 aromatic rings. The van der Waals surface area contributed by atoms with E-state index in [0.717, 1.165) is 0 Å². The first-order valence-electron chi connectivity index (χ1n) is 4.13. The van der Waals surface area contributed by atoms with Crippen LogP contribution in [-0.4, -0.2) is 4.98 Å². The van der Waals surface area contributed by atoms with Crippen LogP contribution in [0.5, 0.6) is 0 Å². The van der Waals surface area contributed by atoms with Gasteiger partial charge in [-0.2, -0.15) is 0 Å². The molecule has 1 heterocycles. The van der Waals surface area contributed by atoms with Crippen LogP contribution >= 0.6 is 22.9 Å². The summed E-state index contributed by atoms with van der Waals surface area (Å²) in [5.74, 6) is 0. The molecule has 0 unspecified atom stereocenters. The number of hydrogen-bond acceptors (Lipinski definition) is 5. The SMILES string of the molecule is Nc1ncc(N=Nc2ccccc2Cl)s1. The second kappa shape index (κ2) is 4.37. The standard InChI is InChI=1S/C9H7ClN4S/c10-6-3-1-2-4-7(6)13-14-8-5-12-9(11)15-8/h1-5H,(H2,11,12). The Morgan fingerprint density at radius 2 is 2.07 bits per heavy atom. The van der Waals surface area contributed by atoms with E-state index in [2.05, 4.69) is 15.2 Å². The van der Waals surface area contributed by atoms with Gasteiger partial charge in [-0.05, 0) is 12.1 Å². The molecular weight excluding hydrogens is 232 g/mol. The van der Waals surface area contributed by atoms with Gasteiger partial charge in [-0.1, -0.05) is 35.1 Å². The van der Waals surface area contributed by atoms with Gasteiger partial charge in [-0.15, -0.1) is 10.2 Å². The predicted molar refractivity (Wildman–Crippen MR) is 62.2 cm³/mol. The number of azo groups is 1. The fraction of sp³-hybridized carbons (Fsp3) is 0. The molecular formula is C9H7ClN4S. The van der Waals surface area contributed by atoms with Crippen molar-refractivity contribution in [3.8, 4) is 0 Å². The molecule has 0 amide bonds. The third kappa shape index (κ3) is 2.51. The summed E-state index contributed by atoms with van der Waals surface area (Å²) < 4.78 is 0. The zero-order valence-corrected chi connectivity index (χ0v) is 9.16. The van der Waals surface area contributed by atoms with Crippen molar-refractivity contribution in [1.82, 2.24) is 4.98 Å². The second-order valence-electron chi connectivity index (χ2n) is 2.69. The Hall–Kier alpha value is -1.46. The Balaban J connectivity index is 2.22. The topological polar surface area (TPSA) is 63.6 Å². The Morgan fingerprint density at radius 1 is 1.27 bits per heavy atom. The molecule has 2 rings (SSSR count). The zero-order chi connectivity index (χ0) is 10.7. The molecule has 0 radical (unpaired) electrons. The van der Waals surface area contributed by atoms with Crippen LogP contribution in [0.1, 0.15) is 0 Å². The van der Waals surface area contributed by atoms with Crippen molar-refractivity contribution in [2.45, 2.75) is 0 Å². The number of nitrogens with zero attached hydrogens (tertiary/aromatic N) is 3. The quantitative estimate of drug-likeness (QED) is 0.809. The lowest BCUT2D eigenvalue weighted by molar-refractivity contribution is 1.24. The normalized spacial score (nSPS) is 11.0. The van der Waals surface area contributed by atoms with E-state index in [4.69, 9.17) is 17.3 Å². The Bertz CT molecular complexity index is 494. The lowest BCUT2D eigenvalue weighted by Gasteiger charge is -1.93. The molecule has 4 nitrogen and oxygen atoms in total. The third-order valence-corrected chi connectivity index (χ3v) is 2.65. The van der Waals surface area contributed by atoms with Crippen molar-refractivity contribution in [1.29, 1.82) is 0 Å². The maximum Gasteiger partial charge on any atom is 0.182 e. The monoisotopic (exact) mass is 238 g/mol. The molecule has 0 saturated heterocycles. The van der Waals surface area contributed by atoms with Crippen LogP contribution in [0.25, 0.3) is 0 Å². The minimum Gasteiger partial charge on any atom is -0.375 e. The van der Waals surface area contributed by atoms with Crippen LogP contribution < -0.4 is 5.73 Å². The lowest BCUT2D eigenvalue weighted by atomic mass is 10.3. The van der Waals surface area contributed by atoms with E-state index in [1.165, 1.54) is 11.3 Å². The first-order chi connectivity index (χ1) is 7.25. The maximum atomic E-state index is 5.91. The van der Waals surface area contributed by atoms with Crippen LogP contribution in [-0.2, 0) is 0 Å². The smallest absolute Gasteiger partial charge is 0.182 e. The van der Waals surface area contributed by atoms with E-state index in [-0.39, 0.29) is 0 Å². The second-order valence-corrected chi connectivity index (χ2v) is 4.14. The molecule has 0 aliphatic carbocycles. The zero-order valence-electron chi connectivity index (χ0n) is 7.59. The number of halogens is 1. The van der Waals surface area contributed by atoms with Gasteiger partial charge in [0, 0.05) is 0 Å². The number of nitrogen functional groups attached to an aromatic ring is 1. The molecule has 6 heteroatoms. The van der Waals surface area contributed by atoms with Crippen molar-refractivity contribution >= 4 is 38.8 Å². The molecule has 0 spiro atoms. The summed E-state index contributed by atoms with van der Waals surface area (Å²) >= 11 is 7.18. The van der Waals surface area contributed by atoms with Gasteiger partial charge in [0.15, 0.2) is 10.1 Å². The molecule has 76 valence electrons. The lowest BCUT2D eigenvalue weighted by Crippen LogP contribution is -1.77. The Kier molecular flexibility index (Phi) is 2.94. The highest BCUT2D eigenvalue weighted by molar-refractivity contribution is 7.18. The van der Waals surface area contributed by atoms with Crippen molar-refractivity contribution in [2.24, 2.45) is 10.2 Å². The maximum absolute atomic E-state index is 5.91. The summed E-state index contributed by atoms with van der Waals surface area (Å²) in [5, 5.41) is 9.68. The van der Waals surface area contributed by atoms with Crippen LogP contribution in [0.3, 0.4) is 0 Å². The molecule has 15 heavy (non-hydrogen) atoms. The summed E-state index contributed by atoms with van der Waals surface area (Å²) in [7, 11) is 0. The molecule has 0 aliphatic rings. The molecule has 1 aromatic heterocycles. The summed E-state index contributed by atoms with van der Waals surface area (Å²) in [6, 6.07) is 7.24. The molecule has 0 fully saturated rings. The average Bonchev–Trinajstić information content (AvgIpc) is 2.63. The average molecular weight is 239 g/mol. The number of nitrogens with two attached hydrogens (primary N) is 1. The minimum absolute atomic E-state index is 0.475. The fourth-order valence-corrected chi connectivity index (χ4v) is 1.64. The van der Waals surface area contributed by atoms with E-state index in [1.54, 1.807) is 18.3 Å². The summed E-state index contributed by atoms with van der Waals surface area (Å²) in [4.78, 5) is 3.86. The largest absolute Gasteiger partial charge is 0.375 e. The van der Waals surface area contributed by atoms with Gasteiger partial charge in [0.25, 0.3) is 0 Å². The van der Waals surface area contributed by atoms with Gasteiger partial charge in [0.1, 0.15) is 5.69 Å². The van der Waals surface area contributed by atoms with E-state index in [1.807, 2.05) is 12.1 Å². The Labute approximate surface area is 95.4 Å². The molecule has 0 saturated carbocycles. The molecule has 0 aliphatic heterocycles. The van der Waals surface area contributed by atoms with E-state index in [0.29, 0.717) is 20.8 Å². The number of benzene rings is 1. The number of thiazole rings is 1. The molecule has 0 bridgehead atoms. The summed E-state index contributed by atoms with van der Waals surface area (Å²) in [5.41, 5.74) is 6.09. The molecule has 0 atom stereocenters. The van der Waals surface area contributed by atoms with Crippen LogP contribution in [0.15, 0.2) is 40.7 Å². The van der Waals surface area contributed by atoms with Gasteiger partial charge in [-0.3, -0.25) is 0 Å². The van der Waals surface area contributed by atoms with Gasteiger partial charge in [0.2, 0.25) is 0 Å². The first-order valence-corrected chi connectivity index (χ1v) is 5.33. The highest BCUT2D eigenvalue weighted by Crippen LogP contribution is 2.28. The Morgan fingerprint density at radius 3 is 2.73 bits per heavy atom. The number of rotatable bonds is 2. The molecule has 1 aromatic carbocycles. The van der Waals surface area contributed by atoms with Crippen molar-refractivity contribution < 1.29 is 0 Å². The van der Waals surface area contributed by atoms with Crippen molar-refractivity contribution in [2.75, 3.05) is 5.73 Å². The van der Waals surface area contributed by atoms with Gasteiger partial charge >= 0.3 is 0 Å². The minimum atomic E-state index is 0.475. The van der Waals surface area contributed by atoms with E-state index in [9.17, 15) is 0 Å². The highest BCUT2D eigenvalue weighted by Gasteiger charge is 1.98. The van der Waals surface area contributed by atoms with Gasteiger partial charge in [0.05, 0.1) is 11.2 Å². The molecule has 2 N–H and O–H groups in total. The van der Waals surface area contributed by atoms with Gasteiger partial charge in [-0.25, -0.2) is 4.98 Å². The van der Waals surface area contributed by atoms with Crippen LogP contribution in [0.2, 0.25) is 5.02 Å². The van der Waals surface area contributed by atoms with E-state index < -0.39 is 0 Å². The summed E-state index contributed by atoms with van der Waals surface area (Å²) in [6.07, 6.45) is 1.57. The number of aromatic nitrogens is 1. The fourth-order valence-electron chi connectivity index (χ4n) is 0.961.